The van der Waals surface area contributed by atoms with Gasteiger partial charge in [-0.1, -0.05) is 35.0 Å². The minimum atomic E-state index is -4.55. The third-order valence-electron chi connectivity index (χ3n) is 4.28. The normalized spacial score (nSPS) is 11.5. The molecular weight excluding hydrogens is 453 g/mol. The van der Waals surface area contributed by atoms with Crippen molar-refractivity contribution in [3.8, 4) is 17.2 Å². The molecule has 0 atom stereocenters. The van der Waals surface area contributed by atoms with Crippen molar-refractivity contribution in [2.75, 3.05) is 5.32 Å². The molecule has 0 fully saturated rings. The number of alkyl halides is 3. The van der Waals surface area contributed by atoms with Crippen LogP contribution in [0.5, 0.6) is 0 Å². The zero-order chi connectivity index (χ0) is 22.2. The summed E-state index contributed by atoms with van der Waals surface area (Å²) < 4.78 is 45.3. The number of aromatic nitrogens is 5. The Balaban J connectivity index is 1.62. The summed E-state index contributed by atoms with van der Waals surface area (Å²) in [5.41, 5.74) is -0.125. The van der Waals surface area contributed by atoms with Gasteiger partial charge in [0.2, 0.25) is 5.13 Å². The Kier molecular flexibility index (Phi) is 5.46. The van der Waals surface area contributed by atoms with E-state index in [1.807, 2.05) is 0 Å². The number of carbonyl (C=O) groups excluding carboxylic acids is 1. The zero-order valence-electron chi connectivity index (χ0n) is 15.7. The van der Waals surface area contributed by atoms with Crippen LogP contribution in [0.3, 0.4) is 0 Å². The fourth-order valence-corrected chi connectivity index (χ4v) is 3.59. The Morgan fingerprint density at radius 1 is 1.16 bits per heavy atom. The first-order chi connectivity index (χ1) is 14.7. The highest BCUT2D eigenvalue weighted by atomic mass is 35.5. The third-order valence-corrected chi connectivity index (χ3v) is 5.14. The Hall–Kier alpha value is -3.31. The molecule has 1 amide bonds. The van der Waals surface area contributed by atoms with Gasteiger partial charge < -0.3 is 0 Å². The largest absolute Gasteiger partial charge is 0.418 e. The average molecular weight is 465 g/mol. The molecule has 4 rings (SSSR count). The number of para-hydroxylation sites is 1. The number of benzene rings is 2. The van der Waals surface area contributed by atoms with Crippen molar-refractivity contribution >= 4 is 34.2 Å². The van der Waals surface area contributed by atoms with Crippen molar-refractivity contribution in [3.63, 3.8) is 0 Å². The number of hydrogen-bond donors (Lipinski definition) is 1. The van der Waals surface area contributed by atoms with E-state index in [4.69, 9.17) is 11.6 Å². The topological polar surface area (TPSA) is 85.6 Å². The quantitative estimate of drug-likeness (QED) is 0.458. The van der Waals surface area contributed by atoms with Crippen molar-refractivity contribution in [1.29, 1.82) is 0 Å². The van der Waals surface area contributed by atoms with Crippen LogP contribution >= 0.6 is 23.1 Å². The standard InChI is InChI=1S/C19H12ClF3N6OS/c1-10-15(26-28-29(10)14-8-3-2-7-13(14)19(21,22)23)16-24-18(31-27-16)25-17(30)11-5-4-6-12(20)9-11/h2-9H,1H3,(H,24,25,27,30). The number of nitrogens with zero attached hydrogens (tertiary/aromatic N) is 5. The van der Waals surface area contributed by atoms with Gasteiger partial charge in [0, 0.05) is 22.1 Å². The average Bonchev–Trinajstić information content (AvgIpc) is 3.33. The van der Waals surface area contributed by atoms with Crippen molar-refractivity contribution in [2.24, 2.45) is 0 Å². The third kappa shape index (κ3) is 4.28. The van der Waals surface area contributed by atoms with Crippen molar-refractivity contribution in [3.05, 3.63) is 70.4 Å². The maximum absolute atomic E-state index is 13.4. The molecule has 0 radical (unpaired) electrons. The number of carbonyl (C=O) groups is 1. The molecule has 0 unspecified atom stereocenters. The van der Waals surface area contributed by atoms with Crippen LogP contribution in [-0.2, 0) is 6.18 Å². The van der Waals surface area contributed by atoms with E-state index in [1.54, 1.807) is 25.1 Å². The molecule has 2 aromatic carbocycles. The molecule has 0 saturated carbocycles. The van der Waals surface area contributed by atoms with Crippen LogP contribution < -0.4 is 5.32 Å². The number of nitrogens with one attached hydrogen (secondary N) is 1. The lowest BCUT2D eigenvalue weighted by atomic mass is 10.1. The molecule has 0 saturated heterocycles. The van der Waals surface area contributed by atoms with Crippen LogP contribution in [0.15, 0.2) is 48.5 Å². The van der Waals surface area contributed by atoms with E-state index in [2.05, 4.69) is 25.0 Å². The maximum atomic E-state index is 13.4. The van der Waals surface area contributed by atoms with Gasteiger partial charge in [-0.05, 0) is 37.3 Å². The summed E-state index contributed by atoms with van der Waals surface area (Å²) in [5, 5.41) is 11.0. The first-order valence-corrected chi connectivity index (χ1v) is 9.89. The van der Waals surface area contributed by atoms with E-state index in [-0.39, 0.29) is 22.3 Å². The smallest absolute Gasteiger partial charge is 0.297 e. The van der Waals surface area contributed by atoms with Crippen LogP contribution in [0.2, 0.25) is 5.02 Å². The van der Waals surface area contributed by atoms with Crippen LogP contribution in [0.4, 0.5) is 18.3 Å². The Bertz CT molecular complexity index is 1270. The molecule has 0 spiro atoms. The van der Waals surface area contributed by atoms with Crippen LogP contribution in [0, 0.1) is 6.92 Å². The van der Waals surface area contributed by atoms with E-state index >= 15 is 0 Å². The maximum Gasteiger partial charge on any atom is 0.418 e. The van der Waals surface area contributed by atoms with Gasteiger partial charge >= 0.3 is 6.18 Å². The summed E-state index contributed by atoms with van der Waals surface area (Å²) in [6.07, 6.45) is -4.55. The van der Waals surface area contributed by atoms with E-state index in [1.165, 1.54) is 24.3 Å². The molecule has 0 aliphatic heterocycles. The Morgan fingerprint density at radius 3 is 2.68 bits per heavy atom. The lowest BCUT2D eigenvalue weighted by Crippen LogP contribution is -2.12. The first-order valence-electron chi connectivity index (χ1n) is 8.74. The highest BCUT2D eigenvalue weighted by Crippen LogP contribution is 2.34. The molecule has 0 aliphatic carbocycles. The van der Waals surface area contributed by atoms with Crippen molar-refractivity contribution in [1.82, 2.24) is 24.4 Å². The molecule has 0 bridgehead atoms. The highest BCUT2D eigenvalue weighted by Gasteiger charge is 2.34. The minimum absolute atomic E-state index is 0.139. The summed E-state index contributed by atoms with van der Waals surface area (Å²) in [6.45, 7) is 1.56. The van der Waals surface area contributed by atoms with E-state index in [0.717, 1.165) is 22.3 Å². The molecule has 4 aromatic rings. The lowest BCUT2D eigenvalue weighted by Gasteiger charge is -2.12. The predicted octanol–water partition coefficient (Wildman–Crippen LogP) is 5.02. The van der Waals surface area contributed by atoms with Crippen LogP contribution in [0.25, 0.3) is 17.2 Å². The van der Waals surface area contributed by atoms with Crippen molar-refractivity contribution < 1.29 is 18.0 Å². The van der Waals surface area contributed by atoms with Gasteiger partial charge in [0.05, 0.1) is 16.9 Å². The monoisotopic (exact) mass is 464 g/mol. The molecule has 2 aromatic heterocycles. The second-order valence-electron chi connectivity index (χ2n) is 6.34. The van der Waals surface area contributed by atoms with Gasteiger partial charge in [0.1, 0.15) is 0 Å². The van der Waals surface area contributed by atoms with Crippen LogP contribution in [-0.4, -0.2) is 30.3 Å². The number of amides is 1. The number of halogens is 4. The van der Waals surface area contributed by atoms with Gasteiger partial charge in [-0.3, -0.25) is 10.1 Å². The van der Waals surface area contributed by atoms with Crippen molar-refractivity contribution in [2.45, 2.75) is 13.1 Å². The Labute approximate surface area is 182 Å². The number of anilines is 1. The first kappa shape index (κ1) is 20.9. The predicted molar refractivity (Wildman–Crippen MR) is 109 cm³/mol. The summed E-state index contributed by atoms with van der Waals surface area (Å²) >= 11 is 6.80. The van der Waals surface area contributed by atoms with E-state index in [9.17, 15) is 18.0 Å². The minimum Gasteiger partial charge on any atom is -0.297 e. The Morgan fingerprint density at radius 2 is 1.94 bits per heavy atom. The van der Waals surface area contributed by atoms with Gasteiger partial charge in [-0.2, -0.15) is 22.5 Å². The molecule has 1 N–H and O–H groups in total. The van der Waals surface area contributed by atoms with E-state index in [0.29, 0.717) is 16.3 Å². The zero-order valence-corrected chi connectivity index (χ0v) is 17.3. The number of hydrogen-bond acceptors (Lipinski definition) is 6. The summed E-state index contributed by atoms with van der Waals surface area (Å²) in [7, 11) is 0. The molecule has 31 heavy (non-hydrogen) atoms. The summed E-state index contributed by atoms with van der Waals surface area (Å²) in [5.74, 6) is -0.288. The number of rotatable bonds is 4. The summed E-state index contributed by atoms with van der Waals surface area (Å²) in [6, 6.07) is 11.4. The molecular formula is C19H12ClF3N6OS. The molecule has 2 heterocycles. The second-order valence-corrected chi connectivity index (χ2v) is 7.53. The van der Waals surface area contributed by atoms with Crippen LogP contribution in [0.1, 0.15) is 21.6 Å². The fraction of sp³-hybridized carbons (Fsp3) is 0.105. The SMILES string of the molecule is Cc1c(-c2nsc(NC(=O)c3cccc(Cl)c3)n2)nnn1-c1ccccc1C(F)(F)F. The van der Waals surface area contributed by atoms with E-state index < -0.39 is 17.6 Å². The molecule has 158 valence electrons. The molecule has 7 nitrogen and oxygen atoms in total. The fourth-order valence-electron chi connectivity index (χ4n) is 2.83. The molecule has 12 heteroatoms. The molecule has 0 aliphatic rings. The lowest BCUT2D eigenvalue weighted by molar-refractivity contribution is -0.137. The van der Waals surface area contributed by atoms with Gasteiger partial charge in [0.15, 0.2) is 11.5 Å². The summed E-state index contributed by atoms with van der Waals surface area (Å²) in [4.78, 5) is 16.5. The van der Waals surface area contributed by atoms with Gasteiger partial charge in [0.25, 0.3) is 5.91 Å². The highest BCUT2D eigenvalue weighted by molar-refractivity contribution is 7.10. The van der Waals surface area contributed by atoms with Gasteiger partial charge in [-0.25, -0.2) is 4.68 Å². The van der Waals surface area contributed by atoms with Gasteiger partial charge in [-0.15, -0.1) is 5.10 Å². The second kappa shape index (κ2) is 8.08.